The van der Waals surface area contributed by atoms with Crippen molar-refractivity contribution in [3.05, 3.63) is 65.8 Å². The van der Waals surface area contributed by atoms with Gasteiger partial charge in [-0.15, -0.1) is 0 Å². The van der Waals surface area contributed by atoms with Crippen molar-refractivity contribution in [2.75, 3.05) is 19.8 Å². The zero-order valence-corrected chi connectivity index (χ0v) is 14.2. The lowest BCUT2D eigenvalue weighted by atomic mass is 10.2. The molecule has 0 amide bonds. The topological polar surface area (TPSA) is 69.2 Å². The van der Waals surface area contributed by atoms with Crippen molar-refractivity contribution in [3.8, 4) is 0 Å². The molecule has 0 saturated carbocycles. The van der Waals surface area contributed by atoms with Crippen LogP contribution in [0.1, 0.15) is 29.1 Å². The predicted octanol–water partition coefficient (Wildman–Crippen LogP) is 2.20. The van der Waals surface area contributed by atoms with E-state index in [9.17, 15) is 0 Å². The highest BCUT2D eigenvalue weighted by molar-refractivity contribution is 5.16. The Kier molecular flexibility index (Phi) is 4.58. The monoisotopic (exact) mass is 339 g/mol. The first-order valence-electron chi connectivity index (χ1n) is 8.45. The number of rotatable bonds is 5. The van der Waals surface area contributed by atoms with E-state index < -0.39 is 0 Å². The molecule has 1 aliphatic heterocycles. The minimum atomic E-state index is -0.0307. The molecule has 0 aliphatic carbocycles. The second-order valence-electron chi connectivity index (χ2n) is 6.20. The largest absolute Gasteiger partial charge is 0.378 e. The summed E-state index contributed by atoms with van der Waals surface area (Å²) in [5, 5.41) is 3.91. The minimum Gasteiger partial charge on any atom is -0.378 e. The standard InChI is InChI=1S/C18H21N5O2/c1-14-20-18(25-21-14)16-13-24-10-9-22(16)12-17-19-7-8-23(17)11-15-5-3-2-4-6-15/h2-8,16H,9-13H2,1H3. The van der Waals surface area contributed by atoms with Crippen LogP contribution in [0.15, 0.2) is 47.2 Å². The van der Waals surface area contributed by atoms with E-state index >= 15 is 0 Å². The third-order valence-corrected chi connectivity index (χ3v) is 4.41. The summed E-state index contributed by atoms with van der Waals surface area (Å²) in [4.78, 5) is 11.2. The Morgan fingerprint density at radius 3 is 2.88 bits per heavy atom. The minimum absolute atomic E-state index is 0.0307. The summed E-state index contributed by atoms with van der Waals surface area (Å²) in [5.74, 6) is 2.27. The molecule has 1 fully saturated rings. The lowest BCUT2D eigenvalue weighted by Gasteiger charge is -2.32. The van der Waals surface area contributed by atoms with E-state index in [4.69, 9.17) is 9.26 Å². The molecule has 3 heterocycles. The van der Waals surface area contributed by atoms with Gasteiger partial charge in [-0.05, 0) is 12.5 Å². The van der Waals surface area contributed by atoms with Crippen LogP contribution in [0, 0.1) is 6.92 Å². The number of hydrogen-bond donors (Lipinski definition) is 0. The maximum absolute atomic E-state index is 5.62. The molecule has 1 atom stereocenters. The molecule has 1 saturated heterocycles. The molecule has 2 aromatic heterocycles. The Labute approximate surface area is 146 Å². The average molecular weight is 339 g/mol. The fourth-order valence-electron chi connectivity index (χ4n) is 3.10. The number of hydrogen-bond acceptors (Lipinski definition) is 6. The molecule has 1 aromatic carbocycles. The molecule has 0 radical (unpaired) electrons. The van der Waals surface area contributed by atoms with Crippen LogP contribution in [0.25, 0.3) is 0 Å². The maximum atomic E-state index is 5.62. The van der Waals surface area contributed by atoms with Gasteiger partial charge in [0.2, 0.25) is 5.89 Å². The number of aromatic nitrogens is 4. The van der Waals surface area contributed by atoms with E-state index in [1.165, 1.54) is 5.56 Å². The first-order valence-corrected chi connectivity index (χ1v) is 8.45. The highest BCUT2D eigenvalue weighted by Crippen LogP contribution is 2.24. The average Bonchev–Trinajstić information content (AvgIpc) is 3.26. The van der Waals surface area contributed by atoms with E-state index in [-0.39, 0.29) is 6.04 Å². The van der Waals surface area contributed by atoms with Crippen LogP contribution in [0.4, 0.5) is 0 Å². The number of morpholine rings is 1. The molecule has 0 spiro atoms. The Hall–Kier alpha value is -2.51. The highest BCUT2D eigenvalue weighted by atomic mass is 16.5. The van der Waals surface area contributed by atoms with Crippen LogP contribution >= 0.6 is 0 Å². The number of imidazole rings is 1. The number of aryl methyl sites for hydroxylation is 1. The Morgan fingerprint density at radius 2 is 2.08 bits per heavy atom. The lowest BCUT2D eigenvalue weighted by molar-refractivity contribution is -0.0255. The molecule has 7 nitrogen and oxygen atoms in total. The first-order chi connectivity index (χ1) is 12.3. The molecule has 7 heteroatoms. The van der Waals surface area contributed by atoms with Crippen LogP contribution in [-0.4, -0.2) is 44.4 Å². The molecular weight excluding hydrogens is 318 g/mol. The molecule has 1 unspecified atom stereocenters. The Morgan fingerprint density at radius 1 is 1.20 bits per heavy atom. The van der Waals surface area contributed by atoms with Crippen LogP contribution < -0.4 is 0 Å². The third kappa shape index (κ3) is 3.62. The number of benzene rings is 1. The van der Waals surface area contributed by atoms with Crippen molar-refractivity contribution >= 4 is 0 Å². The SMILES string of the molecule is Cc1noc(C2COCCN2Cc2nccn2Cc2ccccc2)n1. The maximum Gasteiger partial charge on any atom is 0.246 e. The van der Waals surface area contributed by atoms with Crippen molar-refractivity contribution in [1.82, 2.24) is 24.6 Å². The van der Waals surface area contributed by atoms with Gasteiger partial charge >= 0.3 is 0 Å². The molecule has 3 aromatic rings. The third-order valence-electron chi connectivity index (χ3n) is 4.41. The van der Waals surface area contributed by atoms with E-state index in [1.54, 1.807) is 0 Å². The van der Waals surface area contributed by atoms with Gasteiger partial charge < -0.3 is 13.8 Å². The molecule has 0 bridgehead atoms. The van der Waals surface area contributed by atoms with Gasteiger partial charge in [0.15, 0.2) is 5.82 Å². The molecule has 4 rings (SSSR count). The summed E-state index contributed by atoms with van der Waals surface area (Å²) in [5.41, 5.74) is 1.26. The lowest BCUT2D eigenvalue weighted by Crippen LogP contribution is -2.39. The fraction of sp³-hybridized carbons (Fsp3) is 0.389. The summed E-state index contributed by atoms with van der Waals surface area (Å²) >= 11 is 0. The zero-order chi connectivity index (χ0) is 17.1. The molecule has 1 aliphatic rings. The van der Waals surface area contributed by atoms with Gasteiger partial charge in [-0.3, -0.25) is 4.90 Å². The Bertz CT molecular complexity index is 814. The van der Waals surface area contributed by atoms with Gasteiger partial charge in [0, 0.05) is 25.5 Å². The second-order valence-corrected chi connectivity index (χ2v) is 6.20. The number of ether oxygens (including phenoxy) is 1. The smallest absolute Gasteiger partial charge is 0.246 e. The predicted molar refractivity (Wildman–Crippen MR) is 90.8 cm³/mol. The summed E-state index contributed by atoms with van der Waals surface area (Å²) in [6.07, 6.45) is 3.87. The van der Waals surface area contributed by atoms with Crippen molar-refractivity contribution in [3.63, 3.8) is 0 Å². The van der Waals surface area contributed by atoms with Gasteiger partial charge in [-0.2, -0.15) is 4.98 Å². The van der Waals surface area contributed by atoms with Crippen LogP contribution in [0.2, 0.25) is 0 Å². The van der Waals surface area contributed by atoms with Crippen molar-refractivity contribution < 1.29 is 9.26 Å². The quantitative estimate of drug-likeness (QED) is 0.710. The van der Waals surface area contributed by atoms with Gasteiger partial charge in [0.1, 0.15) is 11.9 Å². The molecule has 130 valence electrons. The second kappa shape index (κ2) is 7.16. The van der Waals surface area contributed by atoms with Gasteiger partial charge in [0.25, 0.3) is 0 Å². The fourth-order valence-corrected chi connectivity index (χ4v) is 3.10. The van der Waals surface area contributed by atoms with Crippen molar-refractivity contribution in [2.24, 2.45) is 0 Å². The van der Waals surface area contributed by atoms with E-state index in [0.29, 0.717) is 24.9 Å². The Balaban J connectivity index is 1.52. The summed E-state index contributed by atoms with van der Waals surface area (Å²) in [6, 6.07) is 10.4. The van der Waals surface area contributed by atoms with Gasteiger partial charge in [0.05, 0.1) is 19.8 Å². The summed E-state index contributed by atoms with van der Waals surface area (Å²) < 4.78 is 13.2. The van der Waals surface area contributed by atoms with E-state index in [1.807, 2.05) is 25.4 Å². The molecular formula is C18H21N5O2. The molecule has 25 heavy (non-hydrogen) atoms. The van der Waals surface area contributed by atoms with Crippen molar-refractivity contribution in [1.29, 1.82) is 0 Å². The highest BCUT2D eigenvalue weighted by Gasteiger charge is 2.30. The van der Waals surface area contributed by atoms with E-state index in [0.717, 1.165) is 25.5 Å². The van der Waals surface area contributed by atoms with Gasteiger partial charge in [-0.1, -0.05) is 35.5 Å². The van der Waals surface area contributed by atoms with Crippen molar-refractivity contribution in [2.45, 2.75) is 26.1 Å². The zero-order valence-electron chi connectivity index (χ0n) is 14.2. The number of nitrogens with zero attached hydrogens (tertiary/aromatic N) is 5. The van der Waals surface area contributed by atoms with Crippen LogP contribution in [0.5, 0.6) is 0 Å². The summed E-state index contributed by atoms with van der Waals surface area (Å²) in [7, 11) is 0. The van der Waals surface area contributed by atoms with E-state index in [2.05, 4.69) is 48.9 Å². The van der Waals surface area contributed by atoms with Gasteiger partial charge in [-0.25, -0.2) is 4.98 Å². The normalized spacial score (nSPS) is 18.5. The van der Waals surface area contributed by atoms with Crippen LogP contribution in [-0.2, 0) is 17.8 Å². The van der Waals surface area contributed by atoms with Crippen LogP contribution in [0.3, 0.4) is 0 Å². The molecule has 0 N–H and O–H groups in total. The first kappa shape index (κ1) is 16.0. The summed E-state index contributed by atoms with van der Waals surface area (Å²) in [6.45, 7) is 5.42.